The van der Waals surface area contributed by atoms with Gasteiger partial charge in [-0.05, 0) is 53.5 Å². The van der Waals surface area contributed by atoms with Crippen molar-refractivity contribution in [1.29, 1.82) is 0 Å². The molecular formula is C23H40N5O4P. The number of carbonyl (C=O) groups is 1. The van der Waals surface area contributed by atoms with Crippen LogP contribution in [0.1, 0.15) is 72.0 Å². The predicted octanol–water partition coefficient (Wildman–Crippen LogP) is 4.57. The van der Waals surface area contributed by atoms with Crippen LogP contribution in [0.5, 0.6) is 5.88 Å². The minimum absolute atomic E-state index is 0.161. The summed E-state index contributed by atoms with van der Waals surface area (Å²) in [6, 6.07) is 3.87. The third kappa shape index (κ3) is 12.3. The standard InChI is InChI=1S/C23H40N5O4P/c1-7-27-32-22-13-12-21(18-26-22)23(29)25-14-10-8-9-11-16-30-33(31-17-15-24-6)28(19(2)3)20(4)5/h12-13,18-20,27H,7-11,14-17H2,1-5H3,(H,25,29)/i1T. The van der Waals surface area contributed by atoms with E-state index < -0.39 is 8.53 Å². The van der Waals surface area contributed by atoms with E-state index in [1.807, 2.05) is 0 Å². The van der Waals surface area contributed by atoms with E-state index in [0.717, 1.165) is 25.7 Å². The van der Waals surface area contributed by atoms with Crippen LogP contribution < -0.4 is 15.6 Å². The number of nitrogens with one attached hydrogen (secondary N) is 2. The first kappa shape index (κ1) is 27.4. The first-order valence-electron chi connectivity index (χ1n) is 12.2. The van der Waals surface area contributed by atoms with Gasteiger partial charge in [-0.3, -0.25) is 4.79 Å². The Bertz CT molecular complexity index is 710. The Morgan fingerprint density at radius 3 is 2.55 bits per heavy atom. The average Bonchev–Trinajstić information content (AvgIpc) is 2.80. The molecule has 186 valence electrons. The summed E-state index contributed by atoms with van der Waals surface area (Å²) in [4.78, 5) is 24.8. The Balaban J connectivity index is 2.25. The molecule has 0 bridgehead atoms. The third-order valence-electron chi connectivity index (χ3n) is 4.49. The number of amides is 1. The molecule has 0 radical (unpaired) electrons. The van der Waals surface area contributed by atoms with Crippen molar-refractivity contribution in [3.63, 3.8) is 0 Å². The molecule has 1 heterocycles. The van der Waals surface area contributed by atoms with E-state index in [-0.39, 0.29) is 12.8 Å². The minimum Gasteiger partial charge on any atom is -0.388 e. The zero-order valence-electron chi connectivity index (χ0n) is 21.4. The largest absolute Gasteiger partial charge is 0.388 e. The molecule has 1 amide bonds. The molecule has 0 fully saturated rings. The molecule has 0 aliphatic heterocycles. The van der Waals surface area contributed by atoms with Gasteiger partial charge in [-0.25, -0.2) is 16.2 Å². The van der Waals surface area contributed by atoms with Crippen LogP contribution in [0.2, 0.25) is 0 Å². The number of carbonyl (C=O) groups excluding carboxylic acids is 1. The summed E-state index contributed by atoms with van der Waals surface area (Å²) in [6.07, 6.45) is 5.27. The maximum atomic E-state index is 12.2. The molecule has 0 aliphatic carbocycles. The number of hydrogen-bond donors (Lipinski definition) is 2. The van der Waals surface area contributed by atoms with Crippen LogP contribution in [-0.4, -0.2) is 60.5 Å². The summed E-state index contributed by atoms with van der Waals surface area (Å²) >= 11 is 0. The van der Waals surface area contributed by atoms with Gasteiger partial charge in [0.2, 0.25) is 12.4 Å². The lowest BCUT2D eigenvalue weighted by atomic mass is 10.2. The number of nitrogens with zero attached hydrogens (tertiary/aromatic N) is 3. The summed E-state index contributed by atoms with van der Waals surface area (Å²) < 4.78 is 21.2. The van der Waals surface area contributed by atoms with Gasteiger partial charge < -0.3 is 24.0 Å². The van der Waals surface area contributed by atoms with Crippen LogP contribution in [0.15, 0.2) is 18.3 Å². The fourth-order valence-corrected chi connectivity index (χ4v) is 4.65. The number of aromatic nitrogens is 1. The van der Waals surface area contributed by atoms with Gasteiger partial charge in [-0.15, -0.1) is 0 Å². The highest BCUT2D eigenvalue weighted by molar-refractivity contribution is 7.44. The van der Waals surface area contributed by atoms with Crippen molar-refractivity contribution in [2.24, 2.45) is 0 Å². The zero-order chi connectivity index (χ0) is 25.2. The summed E-state index contributed by atoms with van der Waals surface area (Å²) in [5, 5.41) is 2.91. The van der Waals surface area contributed by atoms with Crippen LogP contribution in [0.25, 0.3) is 4.85 Å². The number of hydroxylamine groups is 1. The van der Waals surface area contributed by atoms with Gasteiger partial charge in [-0.1, -0.05) is 12.8 Å². The van der Waals surface area contributed by atoms with Crippen LogP contribution in [0.4, 0.5) is 0 Å². The molecule has 0 saturated heterocycles. The van der Waals surface area contributed by atoms with Gasteiger partial charge in [0.25, 0.3) is 14.4 Å². The second kappa shape index (κ2) is 17.6. The molecule has 1 unspecified atom stereocenters. The fourth-order valence-electron chi connectivity index (χ4n) is 3.04. The van der Waals surface area contributed by atoms with Crippen molar-refractivity contribution in [3.05, 3.63) is 35.3 Å². The second-order valence-corrected chi connectivity index (χ2v) is 9.36. The maximum Gasteiger partial charge on any atom is 0.259 e. The van der Waals surface area contributed by atoms with Crippen LogP contribution in [-0.2, 0) is 9.05 Å². The molecule has 9 nitrogen and oxygen atoms in total. The summed E-state index contributed by atoms with van der Waals surface area (Å²) in [7, 11) is -1.18. The van der Waals surface area contributed by atoms with Gasteiger partial charge in [-0.2, -0.15) is 5.48 Å². The van der Waals surface area contributed by atoms with Gasteiger partial charge in [0.1, 0.15) is 6.61 Å². The lowest BCUT2D eigenvalue weighted by molar-refractivity contribution is 0.0952. The van der Waals surface area contributed by atoms with Gasteiger partial charge in [0.15, 0.2) is 0 Å². The Hall–Kier alpha value is -1.82. The third-order valence-corrected chi connectivity index (χ3v) is 6.60. The van der Waals surface area contributed by atoms with E-state index >= 15 is 0 Å². The summed E-state index contributed by atoms with van der Waals surface area (Å²) in [6.45, 7) is 18.0. The Morgan fingerprint density at radius 1 is 1.18 bits per heavy atom. The molecule has 1 aromatic heterocycles. The van der Waals surface area contributed by atoms with Crippen molar-refractivity contribution in [3.8, 4) is 5.88 Å². The minimum atomic E-state index is -1.18. The molecule has 0 aliphatic rings. The van der Waals surface area contributed by atoms with E-state index in [1.165, 1.54) is 6.20 Å². The van der Waals surface area contributed by atoms with Crippen LogP contribution in [0, 0.1) is 6.57 Å². The van der Waals surface area contributed by atoms with Crippen molar-refractivity contribution in [2.45, 2.75) is 72.4 Å². The SMILES string of the molecule is [3H]CCNOc1ccc(C(=O)NCCCCCCOP(OCC[N+]#[C-])N(C(C)C)C(C)C)cn1. The zero-order valence-corrected chi connectivity index (χ0v) is 21.3. The number of rotatable bonds is 18. The van der Waals surface area contributed by atoms with Gasteiger partial charge in [0, 0.05) is 38.8 Å². The smallest absolute Gasteiger partial charge is 0.259 e. The number of hydrogen-bond acceptors (Lipinski definition) is 7. The van der Waals surface area contributed by atoms with E-state index in [0.29, 0.717) is 56.4 Å². The summed E-state index contributed by atoms with van der Waals surface area (Å²) in [5.41, 5.74) is 3.10. The van der Waals surface area contributed by atoms with E-state index in [2.05, 4.69) is 53.0 Å². The highest BCUT2D eigenvalue weighted by atomic mass is 31.2. The Kier molecular flexibility index (Phi) is 14.7. The highest BCUT2D eigenvalue weighted by Crippen LogP contribution is 2.45. The van der Waals surface area contributed by atoms with E-state index in [4.69, 9.17) is 21.8 Å². The first-order chi connectivity index (χ1) is 16.4. The quantitative estimate of drug-likeness (QED) is 0.137. The Labute approximate surface area is 201 Å². The van der Waals surface area contributed by atoms with Gasteiger partial charge >= 0.3 is 0 Å². The topological polar surface area (TPSA) is 89.3 Å². The van der Waals surface area contributed by atoms with Crippen molar-refractivity contribution >= 4 is 14.4 Å². The molecule has 0 aromatic carbocycles. The predicted molar refractivity (Wildman–Crippen MR) is 132 cm³/mol. The normalized spacial score (nSPS) is 12.6. The summed E-state index contributed by atoms with van der Waals surface area (Å²) in [5.74, 6) is 0.198. The lowest BCUT2D eigenvalue weighted by Crippen LogP contribution is -2.33. The molecule has 0 saturated carbocycles. The maximum absolute atomic E-state index is 12.2. The van der Waals surface area contributed by atoms with Gasteiger partial charge in [0.05, 0.1) is 12.2 Å². The molecule has 33 heavy (non-hydrogen) atoms. The van der Waals surface area contributed by atoms with Crippen LogP contribution >= 0.6 is 8.53 Å². The molecular weight excluding hydrogens is 441 g/mol. The lowest BCUT2D eigenvalue weighted by Gasteiger charge is -2.35. The molecule has 1 atom stereocenters. The molecule has 1 aromatic rings. The van der Waals surface area contributed by atoms with Crippen molar-refractivity contribution in [2.75, 3.05) is 32.8 Å². The molecule has 1 rings (SSSR count). The molecule has 2 N–H and O–H groups in total. The van der Waals surface area contributed by atoms with E-state index in [1.54, 1.807) is 12.1 Å². The number of unbranched alkanes of at least 4 members (excludes halogenated alkanes) is 3. The second-order valence-electron chi connectivity index (χ2n) is 7.91. The van der Waals surface area contributed by atoms with Crippen molar-refractivity contribution < 1.29 is 20.1 Å². The average molecular weight is 484 g/mol. The van der Waals surface area contributed by atoms with Crippen molar-refractivity contribution in [1.82, 2.24) is 20.5 Å². The molecule has 0 spiro atoms. The number of pyridine rings is 1. The highest BCUT2D eigenvalue weighted by Gasteiger charge is 2.27. The fraction of sp³-hybridized carbons (Fsp3) is 0.696. The van der Waals surface area contributed by atoms with E-state index in [9.17, 15) is 4.79 Å². The first-order valence-corrected chi connectivity index (χ1v) is 12.6. The monoisotopic (exact) mass is 483 g/mol. The molecule has 10 heteroatoms. The Morgan fingerprint density at radius 2 is 1.91 bits per heavy atom. The van der Waals surface area contributed by atoms with Crippen LogP contribution in [0.3, 0.4) is 0 Å².